The fourth-order valence-corrected chi connectivity index (χ4v) is 8.07. The number of nitrogens with one attached hydrogen (secondary N) is 3. The first-order valence-corrected chi connectivity index (χ1v) is 19.0. The second-order valence-electron chi connectivity index (χ2n) is 15.0. The third-order valence-electron chi connectivity index (χ3n) is 10.6. The van der Waals surface area contributed by atoms with Crippen molar-refractivity contribution < 1.29 is 49.6 Å². The van der Waals surface area contributed by atoms with E-state index < -0.39 is 83.8 Å². The van der Waals surface area contributed by atoms with Crippen LogP contribution in [0, 0.1) is 23.7 Å². The van der Waals surface area contributed by atoms with Crippen LogP contribution in [0.2, 0.25) is 0 Å². The molecule has 15 heteroatoms. The first-order chi connectivity index (χ1) is 23.4. The number of esters is 1. The monoisotopic (exact) mass is 732 g/mol. The zero-order chi connectivity index (χ0) is 37.4. The van der Waals surface area contributed by atoms with Crippen LogP contribution >= 0.6 is 11.3 Å². The lowest BCUT2D eigenvalue weighted by molar-refractivity contribution is -0.295. The van der Waals surface area contributed by atoms with E-state index in [1.807, 2.05) is 12.3 Å². The molecule has 1 aromatic heterocycles. The second kappa shape index (κ2) is 19.1. The van der Waals surface area contributed by atoms with E-state index in [0.29, 0.717) is 19.5 Å². The van der Waals surface area contributed by atoms with E-state index >= 15 is 0 Å². The zero-order valence-electron chi connectivity index (χ0n) is 31.0. The number of carbonyl (C=O) groups is 1. The number of hydrogen-bond donors (Lipinski definition) is 9. The van der Waals surface area contributed by atoms with Crippen molar-refractivity contribution in [3.8, 4) is 0 Å². The number of hydrogen-bond acceptors (Lipinski definition) is 15. The normalized spacial score (nSPS) is 42.5. The summed E-state index contributed by atoms with van der Waals surface area (Å²) in [4.78, 5) is 17.6. The molecule has 3 rings (SSSR count). The Hall–Kier alpha value is -1.34. The van der Waals surface area contributed by atoms with Gasteiger partial charge < -0.3 is 60.8 Å². The molecule has 15 atom stereocenters. The van der Waals surface area contributed by atoms with Crippen molar-refractivity contribution in [2.24, 2.45) is 23.7 Å². The van der Waals surface area contributed by atoms with Gasteiger partial charge in [-0.3, -0.25) is 4.79 Å². The Bertz CT molecular complexity index is 1150. The van der Waals surface area contributed by atoms with Crippen molar-refractivity contribution in [3.63, 3.8) is 0 Å². The van der Waals surface area contributed by atoms with E-state index in [-0.39, 0.29) is 25.0 Å². The Morgan fingerprint density at radius 3 is 2.26 bits per heavy atom. The van der Waals surface area contributed by atoms with E-state index in [4.69, 9.17) is 14.2 Å². The maximum absolute atomic E-state index is 13.3. The van der Waals surface area contributed by atoms with Gasteiger partial charge in [-0.2, -0.15) is 0 Å². The summed E-state index contributed by atoms with van der Waals surface area (Å²) in [5.74, 6) is -4.24. The number of aliphatic hydroxyl groups is 6. The van der Waals surface area contributed by atoms with E-state index in [1.54, 1.807) is 45.2 Å². The summed E-state index contributed by atoms with van der Waals surface area (Å²) in [6.45, 7) is 16.4. The summed E-state index contributed by atoms with van der Waals surface area (Å²) in [7, 11) is 0. The molecule has 2 fully saturated rings. The molecular formula is C35H64N4O10S. The Balaban J connectivity index is 1.74. The molecule has 3 heterocycles. The molecule has 2 aliphatic rings. The van der Waals surface area contributed by atoms with Gasteiger partial charge in [-0.25, -0.2) is 4.98 Å². The molecule has 0 radical (unpaired) electrons. The first-order valence-electron chi connectivity index (χ1n) is 18.1. The van der Waals surface area contributed by atoms with Gasteiger partial charge in [-0.1, -0.05) is 27.7 Å². The molecule has 0 saturated carbocycles. The van der Waals surface area contributed by atoms with Crippen LogP contribution in [0.15, 0.2) is 11.6 Å². The number of nitrogens with zero attached hydrogens (tertiary/aromatic N) is 1. The Morgan fingerprint density at radius 1 is 0.960 bits per heavy atom. The van der Waals surface area contributed by atoms with Crippen molar-refractivity contribution in [2.45, 2.75) is 147 Å². The van der Waals surface area contributed by atoms with Crippen molar-refractivity contribution in [1.82, 2.24) is 20.9 Å². The molecule has 0 amide bonds. The molecule has 0 unspecified atom stereocenters. The number of thiazole rings is 1. The van der Waals surface area contributed by atoms with Crippen LogP contribution in [0.3, 0.4) is 0 Å². The number of aliphatic hydroxyl groups excluding tert-OH is 4. The van der Waals surface area contributed by atoms with Crippen molar-refractivity contribution >= 4 is 17.3 Å². The van der Waals surface area contributed by atoms with Gasteiger partial charge in [0.25, 0.3) is 0 Å². The molecule has 2 aliphatic heterocycles. The Morgan fingerprint density at radius 2 is 1.62 bits per heavy atom. The summed E-state index contributed by atoms with van der Waals surface area (Å²) in [6.07, 6.45) is -6.45. The standard InChI is InChI=1S/C35H64N4O10S/c1-9-25-35(8,46)30(43)21(4)27(40)19(2)17-34(7,45)31(22(5)28(41)23(6)32(44)48-25)49-33-29(42)24(16-20(3)47-33)38-13-12-36-10-11-37-18-26-39-14-15-50-26/h14-15,19-25,27-31,33,36-38,40-43,45-46H,9-13,16-18H2,1-8H3/t19-,20+,21+,22+,23-,24-,25-,27+,28+,29+,30-,31-,33-,34-,35-/m1/s1. The zero-order valence-corrected chi connectivity index (χ0v) is 31.8. The molecule has 0 spiro atoms. The molecule has 0 aliphatic carbocycles. The SMILES string of the molecule is CC[C@H]1OC(=O)[C@H](C)[C@@H](O)[C@H](C)[C@@H](O[C@H]2O[C@@H](C)C[C@@H](NCCNCCNCc3nccs3)[C@@H]2O)[C@](C)(O)C[C@@H](C)[C@H](O)[C@H](C)[C@@H](O)[C@]1(C)O. The molecular weight excluding hydrogens is 668 g/mol. The van der Waals surface area contributed by atoms with Crippen LogP contribution in [-0.2, 0) is 25.5 Å². The minimum absolute atomic E-state index is 0.0322. The summed E-state index contributed by atoms with van der Waals surface area (Å²) >= 11 is 1.61. The van der Waals surface area contributed by atoms with Gasteiger partial charge in [-0.15, -0.1) is 11.3 Å². The van der Waals surface area contributed by atoms with Gasteiger partial charge in [0.05, 0.1) is 42.0 Å². The van der Waals surface area contributed by atoms with Gasteiger partial charge >= 0.3 is 5.97 Å². The highest BCUT2D eigenvalue weighted by molar-refractivity contribution is 7.09. The number of aromatic nitrogens is 1. The summed E-state index contributed by atoms with van der Waals surface area (Å²) in [5, 5.41) is 81.9. The molecule has 0 bridgehead atoms. The minimum Gasteiger partial charge on any atom is -0.459 e. The molecule has 290 valence electrons. The van der Waals surface area contributed by atoms with Crippen molar-refractivity contribution in [3.05, 3.63) is 16.6 Å². The molecule has 2 saturated heterocycles. The number of ether oxygens (including phenoxy) is 3. The van der Waals surface area contributed by atoms with Gasteiger partial charge in [0.15, 0.2) is 6.29 Å². The minimum atomic E-state index is -1.90. The summed E-state index contributed by atoms with van der Waals surface area (Å²) in [6, 6.07) is -0.381. The maximum Gasteiger partial charge on any atom is 0.311 e. The van der Waals surface area contributed by atoms with Crippen LogP contribution in [-0.4, -0.2) is 134 Å². The fourth-order valence-electron chi connectivity index (χ4n) is 7.49. The predicted octanol–water partition coefficient (Wildman–Crippen LogP) is 0.516. The highest BCUT2D eigenvalue weighted by Gasteiger charge is 2.51. The largest absolute Gasteiger partial charge is 0.459 e. The van der Waals surface area contributed by atoms with Crippen LogP contribution in [0.5, 0.6) is 0 Å². The average molecular weight is 733 g/mol. The van der Waals surface area contributed by atoms with E-state index in [9.17, 15) is 35.4 Å². The van der Waals surface area contributed by atoms with Crippen molar-refractivity contribution in [2.75, 3.05) is 26.2 Å². The quantitative estimate of drug-likeness (QED) is 0.106. The Kier molecular flexibility index (Phi) is 16.5. The lowest BCUT2D eigenvalue weighted by Crippen LogP contribution is -2.60. The van der Waals surface area contributed by atoms with E-state index in [0.717, 1.165) is 24.6 Å². The topological polar surface area (TPSA) is 215 Å². The van der Waals surface area contributed by atoms with Crippen LogP contribution in [0.1, 0.15) is 79.7 Å². The highest BCUT2D eigenvalue weighted by atomic mass is 32.1. The molecule has 0 aromatic carbocycles. The molecule has 50 heavy (non-hydrogen) atoms. The molecule has 14 nitrogen and oxygen atoms in total. The summed E-state index contributed by atoms with van der Waals surface area (Å²) in [5.41, 5.74) is -3.61. The van der Waals surface area contributed by atoms with Crippen LogP contribution in [0.25, 0.3) is 0 Å². The summed E-state index contributed by atoms with van der Waals surface area (Å²) < 4.78 is 18.2. The lowest BCUT2D eigenvalue weighted by Gasteiger charge is -2.47. The fraction of sp³-hybridized carbons (Fsp3) is 0.886. The van der Waals surface area contributed by atoms with Gasteiger partial charge in [0.2, 0.25) is 0 Å². The third-order valence-corrected chi connectivity index (χ3v) is 11.4. The third kappa shape index (κ3) is 11.1. The second-order valence-corrected chi connectivity index (χ2v) is 16.0. The van der Waals surface area contributed by atoms with E-state index in [1.165, 1.54) is 20.8 Å². The average Bonchev–Trinajstić information content (AvgIpc) is 3.59. The van der Waals surface area contributed by atoms with Crippen LogP contribution < -0.4 is 16.0 Å². The first kappa shape index (κ1) is 43.1. The maximum atomic E-state index is 13.3. The Labute approximate surface area is 301 Å². The smallest absolute Gasteiger partial charge is 0.311 e. The highest BCUT2D eigenvalue weighted by Crippen LogP contribution is 2.38. The number of rotatable bonds is 12. The molecule has 9 N–H and O–H groups in total. The van der Waals surface area contributed by atoms with Gasteiger partial charge in [-0.05, 0) is 52.9 Å². The van der Waals surface area contributed by atoms with Gasteiger partial charge in [0, 0.05) is 62.2 Å². The van der Waals surface area contributed by atoms with E-state index in [2.05, 4.69) is 20.9 Å². The predicted molar refractivity (Wildman–Crippen MR) is 189 cm³/mol. The lowest BCUT2D eigenvalue weighted by atomic mass is 9.73. The van der Waals surface area contributed by atoms with Gasteiger partial charge in [0.1, 0.15) is 22.8 Å². The molecule has 1 aromatic rings. The number of cyclic esters (lactones) is 1. The number of carbonyl (C=O) groups excluding carboxylic acids is 1. The van der Waals surface area contributed by atoms with Crippen molar-refractivity contribution in [1.29, 1.82) is 0 Å². The van der Waals surface area contributed by atoms with Crippen LogP contribution in [0.4, 0.5) is 0 Å².